The Balaban J connectivity index is 1.61. The van der Waals surface area contributed by atoms with Crippen molar-refractivity contribution in [1.29, 1.82) is 0 Å². The minimum Gasteiger partial charge on any atom is -0.307 e. The molecule has 0 bridgehead atoms. The first-order chi connectivity index (χ1) is 13.5. The molecule has 144 valence electrons. The summed E-state index contributed by atoms with van der Waals surface area (Å²) < 4.78 is 40.6. The summed E-state index contributed by atoms with van der Waals surface area (Å²) in [4.78, 5) is 16.8. The number of benzene rings is 1. The summed E-state index contributed by atoms with van der Waals surface area (Å²) >= 11 is 0. The molecule has 0 amide bonds. The Morgan fingerprint density at radius 3 is 2.64 bits per heavy atom. The van der Waals surface area contributed by atoms with Gasteiger partial charge in [0.2, 0.25) is 16.0 Å². The average Bonchev–Trinajstić information content (AvgIpc) is 3.20. The fourth-order valence-electron chi connectivity index (χ4n) is 3.16. The van der Waals surface area contributed by atoms with E-state index in [2.05, 4.69) is 25.3 Å². The minimum atomic E-state index is -3.76. The van der Waals surface area contributed by atoms with Gasteiger partial charge in [-0.05, 0) is 43.2 Å². The molecule has 3 aromatic rings. The van der Waals surface area contributed by atoms with Gasteiger partial charge in [-0.2, -0.15) is 4.31 Å². The van der Waals surface area contributed by atoms with Gasteiger partial charge in [0.15, 0.2) is 5.82 Å². The van der Waals surface area contributed by atoms with E-state index < -0.39 is 21.9 Å². The van der Waals surface area contributed by atoms with Gasteiger partial charge >= 0.3 is 0 Å². The molecule has 1 aliphatic heterocycles. The van der Waals surface area contributed by atoms with Crippen LogP contribution in [0.25, 0.3) is 0 Å². The Morgan fingerprint density at radius 2 is 1.89 bits per heavy atom. The lowest BCUT2D eigenvalue weighted by Crippen LogP contribution is -2.31. The summed E-state index contributed by atoms with van der Waals surface area (Å²) in [6.07, 6.45) is 7.56. The van der Waals surface area contributed by atoms with E-state index >= 15 is 0 Å². The van der Waals surface area contributed by atoms with Gasteiger partial charge < -0.3 is 5.32 Å². The lowest BCUT2D eigenvalue weighted by Gasteiger charge is -2.24. The molecule has 10 heteroatoms. The summed E-state index contributed by atoms with van der Waals surface area (Å²) in [5.74, 6) is 0.318. The van der Waals surface area contributed by atoms with Crippen molar-refractivity contribution < 1.29 is 12.8 Å². The van der Waals surface area contributed by atoms with E-state index in [9.17, 15) is 12.8 Å². The molecule has 1 N–H and O–H groups in total. The van der Waals surface area contributed by atoms with Crippen LogP contribution in [0.5, 0.6) is 0 Å². The smallest absolute Gasteiger partial charge is 0.243 e. The van der Waals surface area contributed by atoms with Gasteiger partial charge in [-0.15, -0.1) is 0 Å². The molecule has 0 unspecified atom stereocenters. The van der Waals surface area contributed by atoms with Crippen molar-refractivity contribution in [3.05, 3.63) is 66.6 Å². The maximum absolute atomic E-state index is 13.2. The van der Waals surface area contributed by atoms with Gasteiger partial charge in [0.05, 0.1) is 22.8 Å². The number of hydrogen-bond donors (Lipinski definition) is 1. The first-order valence-electron chi connectivity index (χ1n) is 8.67. The Labute approximate surface area is 161 Å². The number of sulfonamides is 1. The highest BCUT2D eigenvalue weighted by molar-refractivity contribution is 7.89. The van der Waals surface area contributed by atoms with E-state index in [1.165, 1.54) is 22.6 Å². The largest absolute Gasteiger partial charge is 0.307 e. The molecule has 4 rings (SSSR count). The zero-order chi connectivity index (χ0) is 19.6. The van der Waals surface area contributed by atoms with E-state index in [4.69, 9.17) is 0 Å². The number of hydrogen-bond acceptors (Lipinski definition) is 7. The molecule has 3 heterocycles. The molecule has 1 saturated heterocycles. The number of aromatic nitrogens is 4. The first-order valence-corrected chi connectivity index (χ1v) is 10.1. The Morgan fingerprint density at radius 1 is 1.07 bits per heavy atom. The van der Waals surface area contributed by atoms with Crippen LogP contribution < -0.4 is 5.32 Å². The zero-order valence-electron chi connectivity index (χ0n) is 14.7. The zero-order valence-corrected chi connectivity index (χ0v) is 15.6. The van der Waals surface area contributed by atoms with E-state index in [0.717, 1.165) is 12.1 Å². The number of rotatable bonds is 5. The van der Waals surface area contributed by atoms with Crippen LogP contribution in [0.1, 0.15) is 24.6 Å². The maximum atomic E-state index is 13.2. The summed E-state index contributed by atoms with van der Waals surface area (Å²) in [6, 6.07) is 6.13. The van der Waals surface area contributed by atoms with Crippen LogP contribution in [0.15, 0.2) is 60.0 Å². The molecular formula is C18H17FN6O2S. The number of nitrogens with one attached hydrogen (secondary N) is 1. The average molecular weight is 400 g/mol. The van der Waals surface area contributed by atoms with Crippen molar-refractivity contribution in [2.45, 2.75) is 23.8 Å². The first kappa shape index (κ1) is 18.4. The Hall–Kier alpha value is -2.98. The number of halogens is 1. The Bertz CT molecular complexity index is 1060. The van der Waals surface area contributed by atoms with Crippen LogP contribution in [0, 0.1) is 5.82 Å². The molecule has 1 aliphatic rings. The second kappa shape index (κ2) is 7.56. The second-order valence-electron chi connectivity index (χ2n) is 6.25. The van der Waals surface area contributed by atoms with Crippen LogP contribution >= 0.6 is 0 Å². The third kappa shape index (κ3) is 3.69. The number of nitrogens with zero attached hydrogens (tertiary/aromatic N) is 5. The van der Waals surface area contributed by atoms with Crippen molar-refractivity contribution in [2.75, 3.05) is 11.9 Å². The van der Waals surface area contributed by atoms with Gasteiger partial charge in [0.1, 0.15) is 5.82 Å². The Kier molecular flexibility index (Phi) is 4.97. The molecule has 0 radical (unpaired) electrons. The highest BCUT2D eigenvalue weighted by atomic mass is 32.2. The molecular weight excluding hydrogens is 383 g/mol. The van der Waals surface area contributed by atoms with Gasteiger partial charge in [0.25, 0.3) is 0 Å². The monoisotopic (exact) mass is 400 g/mol. The summed E-state index contributed by atoms with van der Waals surface area (Å²) in [7, 11) is -3.76. The molecule has 0 saturated carbocycles. The fourth-order valence-corrected chi connectivity index (χ4v) is 4.83. The van der Waals surface area contributed by atoms with Crippen molar-refractivity contribution in [3.8, 4) is 0 Å². The summed E-state index contributed by atoms with van der Waals surface area (Å²) in [6.45, 7) is 0.376. The molecule has 1 aromatic carbocycles. The van der Waals surface area contributed by atoms with Gasteiger partial charge in [-0.3, -0.25) is 4.98 Å². The predicted octanol–water partition coefficient (Wildman–Crippen LogP) is 2.68. The van der Waals surface area contributed by atoms with Crippen LogP contribution in [0.2, 0.25) is 0 Å². The summed E-state index contributed by atoms with van der Waals surface area (Å²) in [5, 5.41) is 2.95. The normalized spacial score (nSPS) is 17.5. The number of anilines is 2. The topological polar surface area (TPSA) is 101 Å². The van der Waals surface area contributed by atoms with E-state index in [1.54, 1.807) is 24.7 Å². The van der Waals surface area contributed by atoms with Crippen molar-refractivity contribution in [2.24, 2.45) is 0 Å². The fraction of sp³-hybridized carbons (Fsp3) is 0.222. The highest BCUT2D eigenvalue weighted by Crippen LogP contribution is 2.36. The molecule has 1 atom stereocenters. The molecule has 2 aromatic heterocycles. The molecule has 28 heavy (non-hydrogen) atoms. The van der Waals surface area contributed by atoms with Gasteiger partial charge in [-0.1, -0.05) is 0 Å². The molecule has 0 spiro atoms. The van der Waals surface area contributed by atoms with Crippen molar-refractivity contribution in [3.63, 3.8) is 0 Å². The summed E-state index contributed by atoms with van der Waals surface area (Å²) in [5.41, 5.74) is 0.588. The van der Waals surface area contributed by atoms with Crippen LogP contribution in [-0.2, 0) is 10.0 Å². The standard InChI is InChI=1S/C18H17FN6O2S/c19-13-3-5-14(6-4-13)28(26,27)25-11-1-2-16(25)15-7-8-22-18(23-15)24-17-12-20-9-10-21-17/h3-10,12,16H,1-2,11H2,(H,21,22,23,24)/t16-/m0/s1. The molecule has 1 fully saturated rings. The van der Waals surface area contributed by atoms with Crippen LogP contribution in [0.3, 0.4) is 0 Å². The molecule has 8 nitrogen and oxygen atoms in total. The van der Waals surface area contributed by atoms with Gasteiger partial charge in [-0.25, -0.2) is 27.8 Å². The van der Waals surface area contributed by atoms with Crippen molar-refractivity contribution >= 4 is 21.8 Å². The lowest BCUT2D eigenvalue weighted by atomic mass is 10.1. The minimum absolute atomic E-state index is 0.0627. The third-order valence-electron chi connectivity index (χ3n) is 4.45. The maximum Gasteiger partial charge on any atom is 0.243 e. The molecule has 0 aliphatic carbocycles. The van der Waals surface area contributed by atoms with E-state index in [0.29, 0.717) is 36.8 Å². The van der Waals surface area contributed by atoms with E-state index in [1.807, 2.05) is 0 Å². The van der Waals surface area contributed by atoms with Crippen LogP contribution in [0.4, 0.5) is 16.2 Å². The third-order valence-corrected chi connectivity index (χ3v) is 6.37. The highest BCUT2D eigenvalue weighted by Gasteiger charge is 2.37. The lowest BCUT2D eigenvalue weighted by molar-refractivity contribution is 0.390. The second-order valence-corrected chi connectivity index (χ2v) is 8.14. The van der Waals surface area contributed by atoms with Gasteiger partial charge in [0, 0.05) is 25.1 Å². The SMILES string of the molecule is O=S(=O)(c1ccc(F)cc1)N1CCC[C@H]1c1ccnc(Nc2cnccn2)n1. The predicted molar refractivity (Wildman–Crippen MR) is 99.6 cm³/mol. The quantitative estimate of drug-likeness (QED) is 0.703. The van der Waals surface area contributed by atoms with Crippen LogP contribution in [-0.4, -0.2) is 39.2 Å². The van der Waals surface area contributed by atoms with Crippen molar-refractivity contribution in [1.82, 2.24) is 24.2 Å². The van der Waals surface area contributed by atoms with E-state index in [-0.39, 0.29) is 4.90 Å².